The minimum atomic E-state index is -0.893. The number of fused-ring (bicyclic) bond motifs is 1. The Bertz CT molecular complexity index is 1140. The van der Waals surface area contributed by atoms with Gasteiger partial charge in [0.25, 0.3) is 17.7 Å². The number of esters is 1. The molecule has 3 rings (SSSR count). The molecule has 0 spiro atoms. The van der Waals surface area contributed by atoms with Gasteiger partial charge < -0.3 is 10.1 Å². The lowest BCUT2D eigenvalue weighted by Gasteiger charge is -2.20. The van der Waals surface area contributed by atoms with Crippen molar-refractivity contribution >= 4 is 47.0 Å². The van der Waals surface area contributed by atoms with Gasteiger partial charge in [-0.25, -0.2) is 14.5 Å². The third kappa shape index (κ3) is 4.94. The number of nitrogens with zero attached hydrogens (tertiary/aromatic N) is 1. The second-order valence-electron chi connectivity index (χ2n) is 7.99. The zero-order chi connectivity index (χ0) is 23.6. The third-order valence-corrected chi connectivity index (χ3v) is 4.61. The van der Waals surface area contributed by atoms with E-state index in [0.717, 1.165) is 4.90 Å². The number of carbonyl (C=O) groups is 5. The summed E-state index contributed by atoms with van der Waals surface area (Å²) in [5.41, 5.74) is -0.221. The average Bonchev–Trinajstić information content (AvgIpc) is 2.95. The molecule has 1 aliphatic rings. The molecule has 5 amide bonds. The fourth-order valence-corrected chi connectivity index (χ4v) is 3.19. The van der Waals surface area contributed by atoms with Gasteiger partial charge in [-0.2, -0.15) is 0 Å². The number of rotatable bonds is 4. The summed E-state index contributed by atoms with van der Waals surface area (Å²) in [5, 5.41) is 4.80. The van der Waals surface area contributed by atoms with Gasteiger partial charge in [-0.05, 0) is 51.1 Å². The Labute approximate surface area is 188 Å². The lowest BCUT2D eigenvalue weighted by molar-refractivity contribution is -0.123. The smallest absolute Gasteiger partial charge is 0.338 e. The first-order valence-corrected chi connectivity index (χ1v) is 9.92. The van der Waals surface area contributed by atoms with Crippen LogP contribution < -0.4 is 15.5 Å². The molecular formula is C22H20ClN3O6. The van der Waals surface area contributed by atoms with Crippen LogP contribution in [-0.4, -0.2) is 41.9 Å². The second-order valence-corrected chi connectivity index (χ2v) is 8.39. The summed E-state index contributed by atoms with van der Waals surface area (Å²) < 4.78 is 4.91. The van der Waals surface area contributed by atoms with Crippen LogP contribution in [0.1, 0.15) is 51.8 Å². The van der Waals surface area contributed by atoms with Crippen molar-refractivity contribution in [3.63, 3.8) is 0 Å². The van der Waals surface area contributed by atoms with E-state index in [4.69, 9.17) is 16.3 Å². The molecule has 0 aromatic heterocycles. The molecule has 32 heavy (non-hydrogen) atoms. The van der Waals surface area contributed by atoms with Gasteiger partial charge in [0.05, 0.1) is 27.4 Å². The molecule has 0 unspecified atom stereocenters. The van der Waals surface area contributed by atoms with Crippen LogP contribution in [0.5, 0.6) is 0 Å². The first kappa shape index (κ1) is 23.0. The second kappa shape index (κ2) is 8.80. The van der Waals surface area contributed by atoms with Crippen molar-refractivity contribution in [2.45, 2.75) is 26.3 Å². The fraction of sp³-hybridized carbons (Fsp3) is 0.227. The van der Waals surface area contributed by atoms with Gasteiger partial charge in [0, 0.05) is 5.54 Å². The topological polar surface area (TPSA) is 122 Å². The van der Waals surface area contributed by atoms with E-state index in [1.807, 2.05) is 5.32 Å². The van der Waals surface area contributed by atoms with Gasteiger partial charge in [0.1, 0.15) is 0 Å². The highest BCUT2D eigenvalue weighted by molar-refractivity contribution is 6.39. The molecule has 0 fully saturated rings. The molecule has 0 saturated heterocycles. The van der Waals surface area contributed by atoms with Crippen LogP contribution in [0.2, 0.25) is 5.02 Å². The largest absolute Gasteiger partial charge is 0.452 e. The van der Waals surface area contributed by atoms with Crippen LogP contribution in [0.25, 0.3) is 0 Å². The predicted molar refractivity (Wildman–Crippen MR) is 116 cm³/mol. The standard InChI is InChI=1S/C22H20ClN3O6/c1-22(2,3)25-21(31)24-17(27)11-32-20(30)12-8-9-13-14(10-12)19(29)26(18(13)28)16-7-5-4-6-15(16)23/h4-10H,11H2,1-3H3,(H2,24,25,27,31). The molecule has 9 nitrogen and oxygen atoms in total. The first-order valence-electron chi connectivity index (χ1n) is 9.54. The van der Waals surface area contributed by atoms with Crippen molar-refractivity contribution in [3.8, 4) is 0 Å². The number of ether oxygens (including phenoxy) is 1. The Hall–Kier alpha value is -3.72. The summed E-state index contributed by atoms with van der Waals surface area (Å²) in [6.45, 7) is 4.52. The summed E-state index contributed by atoms with van der Waals surface area (Å²) in [6, 6.07) is 9.54. The highest BCUT2D eigenvalue weighted by Gasteiger charge is 2.38. The average molecular weight is 458 g/mol. The molecule has 0 radical (unpaired) electrons. The first-order chi connectivity index (χ1) is 15.0. The molecule has 0 saturated carbocycles. The Morgan fingerprint density at radius 1 is 1.00 bits per heavy atom. The molecule has 0 bridgehead atoms. The van der Waals surface area contributed by atoms with Gasteiger partial charge in [-0.3, -0.25) is 19.7 Å². The SMILES string of the molecule is CC(C)(C)NC(=O)NC(=O)COC(=O)c1ccc2c(c1)C(=O)N(c1ccccc1Cl)C2=O. The number of benzene rings is 2. The maximum atomic E-state index is 12.8. The minimum absolute atomic E-state index is 0.0124. The van der Waals surface area contributed by atoms with Crippen molar-refractivity contribution in [1.82, 2.24) is 10.6 Å². The van der Waals surface area contributed by atoms with Crippen molar-refractivity contribution < 1.29 is 28.7 Å². The number of carbonyl (C=O) groups excluding carboxylic acids is 5. The highest BCUT2D eigenvalue weighted by atomic mass is 35.5. The van der Waals surface area contributed by atoms with E-state index < -0.39 is 41.9 Å². The van der Waals surface area contributed by atoms with Crippen molar-refractivity contribution in [3.05, 3.63) is 64.2 Å². The van der Waals surface area contributed by atoms with Gasteiger partial charge in [0.15, 0.2) is 6.61 Å². The normalized spacial score (nSPS) is 12.9. The molecule has 0 atom stereocenters. The number of urea groups is 1. The van der Waals surface area contributed by atoms with Gasteiger partial charge in [-0.1, -0.05) is 23.7 Å². The van der Waals surface area contributed by atoms with Crippen molar-refractivity contribution in [1.29, 1.82) is 0 Å². The van der Waals surface area contributed by atoms with Crippen LogP contribution in [0.4, 0.5) is 10.5 Å². The lowest BCUT2D eigenvalue weighted by atomic mass is 10.1. The monoisotopic (exact) mass is 457 g/mol. The zero-order valence-electron chi connectivity index (χ0n) is 17.5. The summed E-state index contributed by atoms with van der Waals surface area (Å²) in [6.07, 6.45) is 0. The Kier molecular flexibility index (Phi) is 6.31. The Balaban J connectivity index is 1.68. The van der Waals surface area contributed by atoms with E-state index in [0.29, 0.717) is 0 Å². The van der Waals surface area contributed by atoms with Crippen LogP contribution in [0.15, 0.2) is 42.5 Å². The molecule has 0 aliphatic carbocycles. The number of hydrogen-bond donors (Lipinski definition) is 2. The minimum Gasteiger partial charge on any atom is -0.452 e. The summed E-state index contributed by atoms with van der Waals surface area (Å²) >= 11 is 6.12. The van der Waals surface area contributed by atoms with E-state index in [9.17, 15) is 24.0 Å². The summed E-state index contributed by atoms with van der Waals surface area (Å²) in [5.74, 6) is -2.92. The van der Waals surface area contributed by atoms with Crippen LogP contribution >= 0.6 is 11.6 Å². The van der Waals surface area contributed by atoms with Crippen molar-refractivity contribution in [2.75, 3.05) is 11.5 Å². The highest BCUT2D eigenvalue weighted by Crippen LogP contribution is 2.33. The van der Waals surface area contributed by atoms with Gasteiger partial charge >= 0.3 is 12.0 Å². The molecular weight excluding hydrogens is 438 g/mol. The number of amides is 5. The summed E-state index contributed by atoms with van der Waals surface area (Å²) in [4.78, 5) is 62.3. The number of halogens is 1. The number of hydrogen-bond acceptors (Lipinski definition) is 6. The maximum Gasteiger partial charge on any atom is 0.338 e. The van der Waals surface area contributed by atoms with E-state index in [1.54, 1.807) is 39.0 Å². The third-order valence-electron chi connectivity index (χ3n) is 4.29. The van der Waals surface area contributed by atoms with Gasteiger partial charge in [0.2, 0.25) is 0 Å². The number of para-hydroxylation sites is 1. The number of nitrogens with one attached hydrogen (secondary N) is 2. The van der Waals surface area contributed by atoms with Crippen molar-refractivity contribution in [2.24, 2.45) is 0 Å². The quantitative estimate of drug-likeness (QED) is 0.537. The van der Waals surface area contributed by atoms with Crippen LogP contribution in [0, 0.1) is 0 Å². The molecule has 1 heterocycles. The summed E-state index contributed by atoms with van der Waals surface area (Å²) in [7, 11) is 0. The Morgan fingerprint density at radius 3 is 2.31 bits per heavy atom. The fourth-order valence-electron chi connectivity index (χ4n) is 2.97. The van der Waals surface area contributed by atoms with E-state index in [-0.39, 0.29) is 27.4 Å². The molecule has 2 aromatic carbocycles. The number of imide groups is 2. The van der Waals surface area contributed by atoms with Crippen LogP contribution in [-0.2, 0) is 9.53 Å². The van der Waals surface area contributed by atoms with E-state index >= 15 is 0 Å². The molecule has 2 aromatic rings. The Morgan fingerprint density at radius 2 is 1.66 bits per heavy atom. The van der Waals surface area contributed by atoms with E-state index in [1.165, 1.54) is 24.3 Å². The molecule has 1 aliphatic heterocycles. The number of anilines is 1. The molecule has 10 heteroatoms. The predicted octanol–water partition coefficient (Wildman–Crippen LogP) is 2.92. The molecule has 2 N–H and O–H groups in total. The van der Waals surface area contributed by atoms with Gasteiger partial charge in [-0.15, -0.1) is 0 Å². The lowest BCUT2D eigenvalue weighted by Crippen LogP contribution is -2.49. The van der Waals surface area contributed by atoms with Crippen LogP contribution in [0.3, 0.4) is 0 Å². The van der Waals surface area contributed by atoms with E-state index in [2.05, 4.69) is 5.32 Å². The maximum absolute atomic E-state index is 12.8. The zero-order valence-corrected chi connectivity index (χ0v) is 18.3. The molecule has 166 valence electrons.